The molecule has 0 saturated carbocycles. The fourth-order valence-corrected chi connectivity index (χ4v) is 1.69. The Balaban J connectivity index is 2.25. The molecule has 1 N–H and O–H groups in total. The van der Waals surface area contributed by atoms with E-state index < -0.39 is 11.9 Å². The Bertz CT molecular complexity index is 319. The standard InChI is InChI=1S/C12H19N3O3/c1-2-18-12(16)11(9-13)10-14-3-4-15-5-7-17-8-6-15/h10-11H,2-8H2,1H3/p+1/t11-/m1/s1. The number of hydrogen-bond donors (Lipinski definition) is 1. The molecule has 0 amide bonds. The Morgan fingerprint density at radius 3 is 2.94 bits per heavy atom. The number of ether oxygens (including phenoxy) is 2. The molecule has 1 aliphatic rings. The molecule has 0 unspecified atom stereocenters. The summed E-state index contributed by atoms with van der Waals surface area (Å²) in [5, 5.41) is 8.81. The highest BCUT2D eigenvalue weighted by Gasteiger charge is 2.16. The van der Waals surface area contributed by atoms with Gasteiger partial charge in [-0.15, -0.1) is 0 Å². The lowest BCUT2D eigenvalue weighted by atomic mass is 10.2. The van der Waals surface area contributed by atoms with E-state index in [0.717, 1.165) is 32.8 Å². The summed E-state index contributed by atoms with van der Waals surface area (Å²) in [5.74, 6) is -1.41. The van der Waals surface area contributed by atoms with Crippen molar-refractivity contribution in [2.45, 2.75) is 6.92 Å². The summed E-state index contributed by atoms with van der Waals surface area (Å²) in [7, 11) is 0. The van der Waals surface area contributed by atoms with Gasteiger partial charge >= 0.3 is 5.97 Å². The molecular formula is C12H20N3O3+. The summed E-state index contributed by atoms with van der Waals surface area (Å²) >= 11 is 0. The molecule has 6 nitrogen and oxygen atoms in total. The molecule has 0 bridgehead atoms. The van der Waals surface area contributed by atoms with Crippen molar-refractivity contribution in [1.29, 1.82) is 5.26 Å². The van der Waals surface area contributed by atoms with Gasteiger partial charge in [-0.1, -0.05) is 0 Å². The van der Waals surface area contributed by atoms with Crippen LogP contribution in [0.4, 0.5) is 0 Å². The van der Waals surface area contributed by atoms with E-state index in [2.05, 4.69) is 4.99 Å². The predicted molar refractivity (Wildman–Crippen MR) is 65.5 cm³/mol. The van der Waals surface area contributed by atoms with Gasteiger partial charge in [-0.05, 0) is 6.92 Å². The molecule has 1 aliphatic heterocycles. The number of carbonyl (C=O) groups is 1. The number of morpholine rings is 1. The van der Waals surface area contributed by atoms with Crippen molar-refractivity contribution in [3.8, 4) is 6.07 Å². The van der Waals surface area contributed by atoms with Gasteiger partial charge in [0.15, 0.2) is 5.92 Å². The fraction of sp³-hybridized carbons (Fsp3) is 0.750. The number of quaternary nitrogens is 1. The second-order valence-corrected chi connectivity index (χ2v) is 4.03. The van der Waals surface area contributed by atoms with Gasteiger partial charge in [0.25, 0.3) is 0 Å². The van der Waals surface area contributed by atoms with Gasteiger partial charge in [-0.2, -0.15) is 5.26 Å². The molecule has 1 fully saturated rings. The molecule has 0 aromatic heterocycles. The van der Waals surface area contributed by atoms with Crippen LogP contribution in [0.5, 0.6) is 0 Å². The summed E-state index contributed by atoms with van der Waals surface area (Å²) < 4.78 is 10.0. The van der Waals surface area contributed by atoms with Crippen LogP contribution in [0.2, 0.25) is 0 Å². The normalized spacial score (nSPS) is 18.4. The minimum absolute atomic E-state index is 0.281. The molecule has 1 saturated heterocycles. The van der Waals surface area contributed by atoms with Gasteiger partial charge in [-0.25, -0.2) is 0 Å². The molecule has 6 heteroatoms. The van der Waals surface area contributed by atoms with Crippen LogP contribution in [0.15, 0.2) is 4.99 Å². The summed E-state index contributed by atoms with van der Waals surface area (Å²) in [5.41, 5.74) is 0. The van der Waals surface area contributed by atoms with E-state index in [1.54, 1.807) is 6.92 Å². The molecular weight excluding hydrogens is 234 g/mol. The number of aliphatic imine (C=N–C) groups is 1. The first kappa shape index (κ1) is 14.6. The molecule has 1 atom stereocenters. The van der Waals surface area contributed by atoms with E-state index in [1.807, 2.05) is 6.07 Å². The zero-order chi connectivity index (χ0) is 13.2. The second kappa shape index (κ2) is 8.61. The van der Waals surface area contributed by atoms with Crippen LogP contribution >= 0.6 is 0 Å². The average molecular weight is 254 g/mol. The van der Waals surface area contributed by atoms with E-state index in [-0.39, 0.29) is 6.61 Å². The van der Waals surface area contributed by atoms with Crippen molar-refractivity contribution in [3.63, 3.8) is 0 Å². The number of esters is 1. The highest BCUT2D eigenvalue weighted by Crippen LogP contribution is 1.94. The summed E-state index contributed by atoms with van der Waals surface area (Å²) in [6.07, 6.45) is 1.39. The molecule has 1 rings (SSSR count). The molecule has 0 aliphatic carbocycles. The zero-order valence-corrected chi connectivity index (χ0v) is 10.7. The maximum absolute atomic E-state index is 11.3. The van der Waals surface area contributed by atoms with Crippen LogP contribution in [0.3, 0.4) is 0 Å². The quantitative estimate of drug-likeness (QED) is 0.471. The van der Waals surface area contributed by atoms with Crippen LogP contribution in [0, 0.1) is 17.2 Å². The number of nitrogens with one attached hydrogen (secondary N) is 1. The number of nitrogens with zero attached hydrogens (tertiary/aromatic N) is 2. The molecule has 0 aromatic rings. The molecule has 1 heterocycles. The Morgan fingerprint density at radius 2 is 2.33 bits per heavy atom. The van der Waals surface area contributed by atoms with Crippen LogP contribution in [-0.2, 0) is 14.3 Å². The van der Waals surface area contributed by atoms with Gasteiger partial charge < -0.3 is 14.4 Å². The maximum atomic E-state index is 11.3. The van der Waals surface area contributed by atoms with E-state index in [1.165, 1.54) is 11.1 Å². The minimum Gasteiger partial charge on any atom is -0.465 e. The van der Waals surface area contributed by atoms with Gasteiger partial charge in [0.2, 0.25) is 0 Å². The highest BCUT2D eigenvalue weighted by atomic mass is 16.5. The van der Waals surface area contributed by atoms with Crippen molar-refractivity contribution < 1.29 is 19.2 Å². The SMILES string of the molecule is CCOC(=O)[C@H](C#N)C=NCC[NH+]1CCOCC1. The Morgan fingerprint density at radius 1 is 1.61 bits per heavy atom. The smallest absolute Gasteiger partial charge is 0.328 e. The van der Waals surface area contributed by atoms with Crippen molar-refractivity contribution >= 4 is 12.2 Å². The van der Waals surface area contributed by atoms with Crippen LogP contribution in [0.25, 0.3) is 0 Å². The first-order chi connectivity index (χ1) is 8.77. The second-order valence-electron chi connectivity index (χ2n) is 4.03. The third-order valence-electron chi connectivity index (χ3n) is 2.73. The van der Waals surface area contributed by atoms with Crippen LogP contribution in [-0.4, -0.2) is 58.2 Å². The van der Waals surface area contributed by atoms with Crippen molar-refractivity contribution in [3.05, 3.63) is 0 Å². The van der Waals surface area contributed by atoms with Crippen LogP contribution in [0.1, 0.15) is 6.92 Å². The lowest BCUT2D eigenvalue weighted by Crippen LogP contribution is -3.14. The molecule has 100 valence electrons. The van der Waals surface area contributed by atoms with Crippen LogP contribution < -0.4 is 4.90 Å². The average Bonchev–Trinajstić information content (AvgIpc) is 2.40. The lowest BCUT2D eigenvalue weighted by molar-refractivity contribution is -0.906. The van der Waals surface area contributed by atoms with Crippen molar-refractivity contribution in [2.24, 2.45) is 10.9 Å². The molecule has 0 aromatic carbocycles. The number of carbonyl (C=O) groups excluding carboxylic acids is 1. The van der Waals surface area contributed by atoms with Crippen molar-refractivity contribution in [1.82, 2.24) is 0 Å². The van der Waals surface area contributed by atoms with Gasteiger partial charge in [0.05, 0.1) is 39.0 Å². The first-order valence-corrected chi connectivity index (χ1v) is 6.25. The first-order valence-electron chi connectivity index (χ1n) is 6.25. The summed E-state index contributed by atoms with van der Waals surface area (Å²) in [6, 6.07) is 1.87. The van der Waals surface area contributed by atoms with E-state index in [4.69, 9.17) is 14.7 Å². The predicted octanol–water partition coefficient (Wildman–Crippen LogP) is -1.32. The largest absolute Gasteiger partial charge is 0.465 e. The summed E-state index contributed by atoms with van der Waals surface area (Å²) in [6.45, 7) is 7.09. The highest BCUT2D eigenvalue weighted by molar-refractivity contribution is 5.92. The third kappa shape index (κ3) is 5.25. The zero-order valence-electron chi connectivity index (χ0n) is 10.7. The van der Waals surface area contributed by atoms with Crippen molar-refractivity contribution in [2.75, 3.05) is 46.0 Å². The van der Waals surface area contributed by atoms with Gasteiger partial charge in [0, 0.05) is 6.21 Å². The Kier molecular flexibility index (Phi) is 6.99. The Hall–Kier alpha value is -1.45. The lowest BCUT2D eigenvalue weighted by Gasteiger charge is -2.22. The van der Waals surface area contributed by atoms with E-state index in [9.17, 15) is 4.79 Å². The number of nitriles is 1. The summed E-state index contributed by atoms with van der Waals surface area (Å²) in [4.78, 5) is 16.9. The van der Waals surface area contributed by atoms with E-state index in [0.29, 0.717) is 6.54 Å². The fourth-order valence-electron chi connectivity index (χ4n) is 1.69. The molecule has 18 heavy (non-hydrogen) atoms. The third-order valence-corrected chi connectivity index (χ3v) is 2.73. The minimum atomic E-state index is -0.885. The topological polar surface area (TPSA) is 76.1 Å². The monoisotopic (exact) mass is 254 g/mol. The molecule has 0 radical (unpaired) electrons. The van der Waals surface area contributed by atoms with E-state index >= 15 is 0 Å². The maximum Gasteiger partial charge on any atom is 0.328 e. The van der Waals surface area contributed by atoms with Gasteiger partial charge in [0.1, 0.15) is 13.1 Å². The molecule has 0 spiro atoms. The number of rotatable bonds is 6. The Labute approximate surface area is 107 Å². The number of hydrogen-bond acceptors (Lipinski definition) is 5. The van der Waals surface area contributed by atoms with Gasteiger partial charge in [-0.3, -0.25) is 9.79 Å².